The van der Waals surface area contributed by atoms with Gasteiger partial charge >= 0.3 is 6.03 Å². The third-order valence-electron chi connectivity index (χ3n) is 4.14. The summed E-state index contributed by atoms with van der Waals surface area (Å²) in [5, 5.41) is 9.76. The monoisotopic (exact) mass is 335 g/mol. The highest BCUT2D eigenvalue weighted by atomic mass is 16.5. The number of urea groups is 1. The first-order valence-electron chi connectivity index (χ1n) is 8.03. The average molecular weight is 335 g/mol. The lowest BCUT2D eigenvalue weighted by atomic mass is 10.1. The molecule has 2 amide bonds. The predicted octanol–water partition coefficient (Wildman–Crippen LogP) is 3.91. The molecule has 1 aromatic heterocycles. The van der Waals surface area contributed by atoms with Crippen LogP contribution in [0.2, 0.25) is 0 Å². The van der Waals surface area contributed by atoms with Gasteiger partial charge in [0.05, 0.1) is 6.04 Å². The fraction of sp³-hybridized carbons (Fsp3) is 0.158. The lowest BCUT2D eigenvalue weighted by Gasteiger charge is -2.13. The van der Waals surface area contributed by atoms with Crippen LogP contribution in [0.1, 0.15) is 17.3 Å². The van der Waals surface area contributed by atoms with Crippen LogP contribution >= 0.6 is 0 Å². The van der Waals surface area contributed by atoms with Crippen molar-refractivity contribution in [2.45, 2.75) is 13.0 Å². The summed E-state index contributed by atoms with van der Waals surface area (Å²) in [6.07, 6.45) is 0. The number of para-hydroxylation sites is 1. The number of hydrogen-bond donors (Lipinski definition) is 2. The highest BCUT2D eigenvalue weighted by Crippen LogP contribution is 2.33. The first-order valence-corrected chi connectivity index (χ1v) is 8.03. The van der Waals surface area contributed by atoms with E-state index in [-0.39, 0.29) is 12.1 Å². The third kappa shape index (κ3) is 2.94. The molecule has 4 rings (SSSR count). The predicted molar refractivity (Wildman–Crippen MR) is 93.5 cm³/mol. The third-order valence-corrected chi connectivity index (χ3v) is 4.14. The number of aryl methyl sites for hydroxylation is 1. The summed E-state index contributed by atoms with van der Waals surface area (Å²) in [4.78, 5) is 12.5. The summed E-state index contributed by atoms with van der Waals surface area (Å²) in [5.41, 5.74) is 3.02. The highest BCUT2D eigenvalue weighted by Gasteiger charge is 2.26. The van der Waals surface area contributed by atoms with Gasteiger partial charge in [-0.2, -0.15) is 0 Å². The Morgan fingerprint density at radius 2 is 1.88 bits per heavy atom. The van der Waals surface area contributed by atoms with Gasteiger partial charge in [0.1, 0.15) is 23.7 Å². The zero-order valence-electron chi connectivity index (χ0n) is 13.7. The standard InChI is InChI=1S/C19H17N3O3/c1-12-17(18(25-22-12)13-7-3-2-4-8-13)21-19(23)20-15-11-24-16-10-6-5-9-14(15)16/h2-10,15H,11H2,1H3,(H2,20,21,23)/t15-/m1/s1. The molecular weight excluding hydrogens is 318 g/mol. The van der Waals surface area contributed by atoms with E-state index < -0.39 is 0 Å². The Kier molecular flexibility index (Phi) is 3.85. The summed E-state index contributed by atoms with van der Waals surface area (Å²) >= 11 is 0. The number of anilines is 1. The van der Waals surface area contributed by atoms with Crippen molar-refractivity contribution in [3.05, 3.63) is 65.9 Å². The van der Waals surface area contributed by atoms with E-state index in [1.54, 1.807) is 6.92 Å². The normalized spacial score (nSPS) is 15.3. The maximum Gasteiger partial charge on any atom is 0.320 e. The molecule has 0 fully saturated rings. The number of nitrogens with one attached hydrogen (secondary N) is 2. The molecule has 0 unspecified atom stereocenters. The van der Waals surface area contributed by atoms with E-state index in [1.165, 1.54) is 0 Å². The van der Waals surface area contributed by atoms with Gasteiger partial charge in [-0.15, -0.1) is 0 Å². The summed E-state index contributed by atoms with van der Waals surface area (Å²) < 4.78 is 11.0. The lowest BCUT2D eigenvalue weighted by Crippen LogP contribution is -2.33. The van der Waals surface area contributed by atoms with E-state index in [1.807, 2.05) is 54.6 Å². The zero-order chi connectivity index (χ0) is 17.2. The second-order valence-electron chi connectivity index (χ2n) is 5.84. The van der Waals surface area contributed by atoms with Crippen LogP contribution in [0.4, 0.5) is 10.5 Å². The summed E-state index contributed by atoms with van der Waals surface area (Å²) in [6.45, 7) is 2.21. The smallest absolute Gasteiger partial charge is 0.320 e. The molecule has 2 heterocycles. The minimum absolute atomic E-state index is 0.184. The molecule has 0 saturated heterocycles. The van der Waals surface area contributed by atoms with Crippen LogP contribution in [0.3, 0.4) is 0 Å². The maximum absolute atomic E-state index is 12.5. The van der Waals surface area contributed by atoms with Gasteiger partial charge in [-0.1, -0.05) is 53.7 Å². The van der Waals surface area contributed by atoms with Crippen LogP contribution in [0.25, 0.3) is 11.3 Å². The molecule has 0 saturated carbocycles. The van der Waals surface area contributed by atoms with Crippen molar-refractivity contribution in [1.82, 2.24) is 10.5 Å². The van der Waals surface area contributed by atoms with Gasteiger partial charge in [0.15, 0.2) is 5.76 Å². The Hall–Kier alpha value is -3.28. The SMILES string of the molecule is Cc1noc(-c2ccccc2)c1NC(=O)N[C@@H]1COc2ccccc21. The fourth-order valence-corrected chi connectivity index (χ4v) is 2.89. The largest absolute Gasteiger partial charge is 0.491 e. The molecule has 3 aromatic rings. The molecule has 1 atom stereocenters. The minimum Gasteiger partial charge on any atom is -0.491 e. The molecule has 0 bridgehead atoms. The van der Waals surface area contributed by atoms with Crippen molar-refractivity contribution >= 4 is 11.7 Å². The summed E-state index contributed by atoms with van der Waals surface area (Å²) in [7, 11) is 0. The van der Waals surface area contributed by atoms with Crippen molar-refractivity contribution in [2.75, 3.05) is 11.9 Å². The van der Waals surface area contributed by atoms with Gasteiger partial charge in [-0.05, 0) is 13.0 Å². The Bertz CT molecular complexity index is 905. The van der Waals surface area contributed by atoms with E-state index in [0.29, 0.717) is 23.7 Å². The second-order valence-corrected chi connectivity index (χ2v) is 5.84. The molecule has 0 radical (unpaired) electrons. The van der Waals surface area contributed by atoms with Gasteiger partial charge in [0.25, 0.3) is 0 Å². The number of carbonyl (C=O) groups is 1. The van der Waals surface area contributed by atoms with Gasteiger partial charge < -0.3 is 19.9 Å². The lowest BCUT2D eigenvalue weighted by molar-refractivity contribution is 0.243. The van der Waals surface area contributed by atoms with Crippen LogP contribution in [-0.4, -0.2) is 17.8 Å². The zero-order valence-corrected chi connectivity index (χ0v) is 13.7. The van der Waals surface area contributed by atoms with Crippen molar-refractivity contribution in [3.8, 4) is 17.1 Å². The van der Waals surface area contributed by atoms with Crippen molar-refractivity contribution in [2.24, 2.45) is 0 Å². The number of benzene rings is 2. The molecular formula is C19H17N3O3. The van der Waals surface area contributed by atoms with Crippen LogP contribution < -0.4 is 15.4 Å². The molecule has 6 heteroatoms. The molecule has 0 aliphatic carbocycles. The van der Waals surface area contributed by atoms with E-state index in [2.05, 4.69) is 15.8 Å². The molecule has 1 aliphatic rings. The molecule has 0 spiro atoms. The Labute approximate surface area is 144 Å². The number of rotatable bonds is 3. The Morgan fingerprint density at radius 3 is 2.72 bits per heavy atom. The van der Waals surface area contributed by atoms with Gasteiger partial charge in [0.2, 0.25) is 0 Å². The molecule has 2 N–H and O–H groups in total. The fourth-order valence-electron chi connectivity index (χ4n) is 2.89. The van der Waals surface area contributed by atoms with Crippen LogP contribution in [0.15, 0.2) is 59.1 Å². The highest BCUT2D eigenvalue weighted by molar-refractivity contribution is 5.94. The van der Waals surface area contributed by atoms with Crippen LogP contribution in [0.5, 0.6) is 5.75 Å². The minimum atomic E-state index is -0.325. The molecule has 25 heavy (non-hydrogen) atoms. The van der Waals surface area contributed by atoms with Gasteiger partial charge in [0, 0.05) is 11.1 Å². The first-order chi connectivity index (χ1) is 12.2. The number of carbonyl (C=O) groups excluding carboxylic acids is 1. The number of amides is 2. The topological polar surface area (TPSA) is 76.4 Å². The first kappa shape index (κ1) is 15.3. The van der Waals surface area contributed by atoms with E-state index in [0.717, 1.165) is 16.9 Å². The maximum atomic E-state index is 12.5. The Balaban J connectivity index is 1.52. The van der Waals surface area contributed by atoms with Crippen LogP contribution in [0, 0.1) is 6.92 Å². The van der Waals surface area contributed by atoms with Gasteiger partial charge in [-0.25, -0.2) is 4.79 Å². The summed E-state index contributed by atoms with van der Waals surface area (Å²) in [5.74, 6) is 1.34. The van der Waals surface area contributed by atoms with Crippen molar-refractivity contribution in [3.63, 3.8) is 0 Å². The van der Waals surface area contributed by atoms with Crippen LogP contribution in [-0.2, 0) is 0 Å². The van der Waals surface area contributed by atoms with Crippen molar-refractivity contribution in [1.29, 1.82) is 0 Å². The molecule has 2 aromatic carbocycles. The number of nitrogens with zero attached hydrogens (tertiary/aromatic N) is 1. The average Bonchev–Trinajstić information content (AvgIpc) is 3.20. The second kappa shape index (κ2) is 6.32. The van der Waals surface area contributed by atoms with Gasteiger partial charge in [-0.3, -0.25) is 0 Å². The van der Waals surface area contributed by atoms with E-state index >= 15 is 0 Å². The number of aromatic nitrogens is 1. The quantitative estimate of drug-likeness (QED) is 0.761. The van der Waals surface area contributed by atoms with E-state index in [9.17, 15) is 4.79 Å². The molecule has 6 nitrogen and oxygen atoms in total. The van der Waals surface area contributed by atoms with E-state index in [4.69, 9.17) is 9.26 Å². The number of fused-ring (bicyclic) bond motifs is 1. The number of hydrogen-bond acceptors (Lipinski definition) is 4. The molecule has 1 aliphatic heterocycles. The Morgan fingerprint density at radius 1 is 1.12 bits per heavy atom. The summed E-state index contributed by atoms with van der Waals surface area (Å²) in [6, 6.07) is 16.7. The molecule has 126 valence electrons. The number of ether oxygens (including phenoxy) is 1. The van der Waals surface area contributed by atoms with Crippen molar-refractivity contribution < 1.29 is 14.1 Å².